The maximum absolute atomic E-state index is 12.4. The Morgan fingerprint density at radius 1 is 1.29 bits per heavy atom. The highest BCUT2D eigenvalue weighted by molar-refractivity contribution is 5.95. The lowest BCUT2D eigenvalue weighted by Gasteiger charge is -2.35. The number of nitrogens with two attached hydrogens (primary N) is 1. The molecule has 1 aromatic rings. The number of hydrogen-bond donors (Lipinski definition) is 2. The number of benzene rings is 1. The lowest BCUT2D eigenvalue weighted by molar-refractivity contribution is -0.134. The molecular weight excluding hydrogens is 302 g/mol. The van der Waals surface area contributed by atoms with Crippen LogP contribution in [0, 0.1) is 12.8 Å². The van der Waals surface area contributed by atoms with Gasteiger partial charge in [0, 0.05) is 24.7 Å². The molecule has 1 aliphatic heterocycles. The van der Waals surface area contributed by atoms with Crippen molar-refractivity contribution >= 4 is 11.8 Å². The molecule has 0 saturated carbocycles. The van der Waals surface area contributed by atoms with Gasteiger partial charge in [0.05, 0.1) is 6.04 Å². The summed E-state index contributed by atoms with van der Waals surface area (Å²) in [6.45, 7) is 7.30. The highest BCUT2D eigenvalue weighted by Gasteiger charge is 2.29. The van der Waals surface area contributed by atoms with E-state index in [1.807, 2.05) is 49.9 Å². The second kappa shape index (κ2) is 8.29. The van der Waals surface area contributed by atoms with E-state index < -0.39 is 6.04 Å². The molecule has 1 aliphatic rings. The van der Waals surface area contributed by atoms with Crippen molar-refractivity contribution < 1.29 is 9.59 Å². The number of carbonyl (C=O) groups is 2. The smallest absolute Gasteiger partial charge is 0.251 e. The van der Waals surface area contributed by atoms with Crippen LogP contribution in [0.25, 0.3) is 0 Å². The van der Waals surface area contributed by atoms with Gasteiger partial charge in [0.15, 0.2) is 0 Å². The molecule has 1 fully saturated rings. The van der Waals surface area contributed by atoms with Crippen LogP contribution in [-0.2, 0) is 4.79 Å². The average molecular weight is 331 g/mol. The van der Waals surface area contributed by atoms with E-state index in [-0.39, 0.29) is 23.8 Å². The van der Waals surface area contributed by atoms with Crippen molar-refractivity contribution in [2.45, 2.75) is 52.1 Å². The van der Waals surface area contributed by atoms with Crippen molar-refractivity contribution in [3.05, 3.63) is 35.4 Å². The summed E-state index contributed by atoms with van der Waals surface area (Å²) in [4.78, 5) is 26.6. The monoisotopic (exact) mass is 331 g/mol. The van der Waals surface area contributed by atoms with Crippen LogP contribution in [0.15, 0.2) is 24.3 Å². The Kier molecular flexibility index (Phi) is 6.37. The van der Waals surface area contributed by atoms with Gasteiger partial charge in [-0.3, -0.25) is 9.59 Å². The van der Waals surface area contributed by atoms with Gasteiger partial charge in [-0.05, 0) is 37.3 Å². The molecule has 132 valence electrons. The maximum atomic E-state index is 12.4. The molecule has 1 heterocycles. The van der Waals surface area contributed by atoms with Crippen molar-refractivity contribution in [2.75, 3.05) is 13.1 Å². The molecule has 0 bridgehead atoms. The molecular formula is C19H29N3O2. The quantitative estimate of drug-likeness (QED) is 0.867. The summed E-state index contributed by atoms with van der Waals surface area (Å²) in [6, 6.07) is 7.27. The third kappa shape index (κ3) is 4.35. The molecule has 2 rings (SSSR count). The molecule has 5 nitrogen and oxygen atoms in total. The van der Waals surface area contributed by atoms with Gasteiger partial charge in [0.2, 0.25) is 5.91 Å². The van der Waals surface area contributed by atoms with Gasteiger partial charge in [0.1, 0.15) is 0 Å². The molecule has 2 amide bonds. The second-order valence-electron chi connectivity index (χ2n) is 6.80. The molecule has 0 aromatic heterocycles. The molecule has 3 N–H and O–H groups in total. The lowest BCUT2D eigenvalue weighted by Crippen LogP contribution is -2.52. The first-order chi connectivity index (χ1) is 11.4. The first-order valence-electron chi connectivity index (χ1n) is 8.84. The first-order valence-corrected chi connectivity index (χ1v) is 8.84. The minimum Gasteiger partial charge on any atom is -0.349 e. The Morgan fingerprint density at radius 3 is 2.50 bits per heavy atom. The van der Waals surface area contributed by atoms with Crippen LogP contribution in [0.3, 0.4) is 0 Å². The summed E-state index contributed by atoms with van der Waals surface area (Å²) in [5.41, 5.74) is 7.74. The van der Waals surface area contributed by atoms with E-state index in [1.54, 1.807) is 0 Å². The van der Waals surface area contributed by atoms with Gasteiger partial charge in [-0.25, -0.2) is 0 Å². The van der Waals surface area contributed by atoms with Crippen molar-refractivity contribution in [1.82, 2.24) is 10.2 Å². The number of nitrogens with zero attached hydrogens (tertiary/aromatic N) is 1. The molecule has 5 heteroatoms. The third-order valence-electron chi connectivity index (χ3n) is 5.07. The second-order valence-corrected chi connectivity index (χ2v) is 6.80. The van der Waals surface area contributed by atoms with Crippen LogP contribution in [0.5, 0.6) is 0 Å². The number of hydrogen-bond acceptors (Lipinski definition) is 3. The normalized spacial score (nSPS) is 18.1. The van der Waals surface area contributed by atoms with Gasteiger partial charge in [0.25, 0.3) is 5.91 Å². The zero-order chi connectivity index (χ0) is 17.7. The zero-order valence-corrected chi connectivity index (χ0v) is 14.9. The highest BCUT2D eigenvalue weighted by atomic mass is 16.2. The van der Waals surface area contributed by atoms with Crippen molar-refractivity contribution in [1.29, 1.82) is 0 Å². The fourth-order valence-electron chi connectivity index (χ4n) is 3.04. The van der Waals surface area contributed by atoms with Crippen LogP contribution in [0.2, 0.25) is 0 Å². The molecule has 0 spiro atoms. The topological polar surface area (TPSA) is 75.4 Å². The standard InChI is InChI=1S/C19H29N3O2/c1-4-13(2)17(20)19(24)22-11-9-15(10-12-22)21-18(23)16-8-6-5-7-14(16)3/h5-8,13,15,17H,4,9-12,20H2,1-3H3,(H,21,23). The van der Waals surface area contributed by atoms with E-state index in [4.69, 9.17) is 5.73 Å². The Morgan fingerprint density at radius 2 is 1.92 bits per heavy atom. The average Bonchev–Trinajstić information content (AvgIpc) is 2.60. The summed E-state index contributed by atoms with van der Waals surface area (Å²) in [5, 5.41) is 3.09. The van der Waals surface area contributed by atoms with Crippen LogP contribution >= 0.6 is 0 Å². The van der Waals surface area contributed by atoms with Gasteiger partial charge in [-0.2, -0.15) is 0 Å². The minimum absolute atomic E-state index is 0.0332. The summed E-state index contributed by atoms with van der Waals surface area (Å²) in [7, 11) is 0. The highest BCUT2D eigenvalue weighted by Crippen LogP contribution is 2.16. The summed E-state index contributed by atoms with van der Waals surface area (Å²) in [6.07, 6.45) is 2.45. The van der Waals surface area contributed by atoms with Gasteiger partial charge in [-0.15, -0.1) is 0 Å². The summed E-state index contributed by atoms with van der Waals surface area (Å²) < 4.78 is 0. The van der Waals surface area contributed by atoms with E-state index in [0.29, 0.717) is 13.1 Å². The fourth-order valence-corrected chi connectivity index (χ4v) is 3.04. The Bertz CT molecular complexity index is 580. The molecule has 24 heavy (non-hydrogen) atoms. The minimum atomic E-state index is -0.423. The Labute approximate surface area is 144 Å². The van der Waals surface area contributed by atoms with Crippen LogP contribution in [-0.4, -0.2) is 41.9 Å². The molecule has 0 radical (unpaired) electrons. The largest absolute Gasteiger partial charge is 0.349 e. The maximum Gasteiger partial charge on any atom is 0.251 e. The van der Waals surface area contributed by atoms with E-state index in [2.05, 4.69) is 5.32 Å². The van der Waals surface area contributed by atoms with E-state index in [0.717, 1.165) is 30.4 Å². The van der Waals surface area contributed by atoms with Gasteiger partial charge in [-0.1, -0.05) is 38.5 Å². The van der Waals surface area contributed by atoms with Crippen LogP contribution in [0.1, 0.15) is 49.0 Å². The van der Waals surface area contributed by atoms with Crippen molar-refractivity contribution in [3.8, 4) is 0 Å². The van der Waals surface area contributed by atoms with Crippen molar-refractivity contribution in [2.24, 2.45) is 11.7 Å². The third-order valence-corrected chi connectivity index (χ3v) is 5.07. The van der Waals surface area contributed by atoms with Gasteiger partial charge < -0.3 is 16.0 Å². The molecule has 0 aliphatic carbocycles. The van der Waals surface area contributed by atoms with E-state index in [1.165, 1.54) is 0 Å². The Balaban J connectivity index is 1.86. The predicted molar refractivity (Wildman–Crippen MR) is 95.7 cm³/mol. The number of amides is 2. The molecule has 2 unspecified atom stereocenters. The fraction of sp³-hybridized carbons (Fsp3) is 0.579. The Hall–Kier alpha value is -1.88. The number of piperidine rings is 1. The lowest BCUT2D eigenvalue weighted by atomic mass is 9.97. The van der Waals surface area contributed by atoms with Crippen LogP contribution in [0.4, 0.5) is 0 Å². The zero-order valence-electron chi connectivity index (χ0n) is 14.9. The number of rotatable bonds is 5. The number of aryl methyl sites for hydroxylation is 1. The number of likely N-dealkylation sites (tertiary alicyclic amines) is 1. The van der Waals surface area contributed by atoms with E-state index in [9.17, 15) is 9.59 Å². The first kappa shape index (κ1) is 18.5. The predicted octanol–water partition coefficient (Wildman–Crippen LogP) is 2.09. The van der Waals surface area contributed by atoms with Crippen LogP contribution < -0.4 is 11.1 Å². The molecule has 2 atom stereocenters. The number of carbonyl (C=O) groups excluding carboxylic acids is 2. The van der Waals surface area contributed by atoms with Crippen molar-refractivity contribution in [3.63, 3.8) is 0 Å². The van der Waals surface area contributed by atoms with E-state index >= 15 is 0 Å². The summed E-state index contributed by atoms with van der Waals surface area (Å²) >= 11 is 0. The number of nitrogens with one attached hydrogen (secondary N) is 1. The molecule has 1 saturated heterocycles. The SMILES string of the molecule is CCC(C)C(N)C(=O)N1CCC(NC(=O)c2ccccc2C)CC1. The summed E-state index contributed by atoms with van der Waals surface area (Å²) in [5.74, 6) is 0.193. The molecule has 1 aromatic carbocycles. The van der Waals surface area contributed by atoms with Gasteiger partial charge >= 0.3 is 0 Å².